The number of carbonyl (C=O) groups is 1. The van der Waals surface area contributed by atoms with E-state index in [-0.39, 0.29) is 29.6 Å². The predicted molar refractivity (Wildman–Crippen MR) is 69.9 cm³/mol. The molecule has 0 saturated heterocycles. The highest BCUT2D eigenvalue weighted by molar-refractivity contribution is 8.00. The number of carboxylic acids is 1. The molecule has 1 aromatic heterocycles. The van der Waals surface area contributed by atoms with Gasteiger partial charge in [0.05, 0.1) is 16.6 Å². The molecule has 1 N–H and O–H groups in total. The molecule has 0 bridgehead atoms. The van der Waals surface area contributed by atoms with Crippen LogP contribution >= 0.6 is 11.8 Å². The number of nitrogens with zero attached hydrogens (tertiary/aromatic N) is 2. The molecule has 0 unspecified atom stereocenters. The number of thioether (sulfide) groups is 1. The Morgan fingerprint density at radius 1 is 1.45 bits per heavy atom. The topological polar surface area (TPSA) is 55.1 Å². The molecule has 1 heterocycles. The quantitative estimate of drug-likeness (QED) is 0.941. The van der Waals surface area contributed by atoms with Crippen LogP contribution in [-0.4, -0.2) is 31.9 Å². The molecule has 108 valence electrons. The van der Waals surface area contributed by atoms with Crippen molar-refractivity contribution in [1.82, 2.24) is 9.55 Å². The Bertz CT molecular complexity index is 652. The number of benzene rings is 1. The minimum atomic E-state index is -4.27. The van der Waals surface area contributed by atoms with E-state index in [1.807, 2.05) is 0 Å². The zero-order valence-electron chi connectivity index (χ0n) is 10.4. The number of aromatic nitrogens is 2. The highest BCUT2D eigenvalue weighted by Gasteiger charge is 2.27. The van der Waals surface area contributed by atoms with E-state index in [0.717, 1.165) is 0 Å². The van der Waals surface area contributed by atoms with Crippen molar-refractivity contribution in [3.05, 3.63) is 29.6 Å². The highest BCUT2D eigenvalue weighted by atomic mass is 32.2. The Hall–Kier alpha value is -1.70. The Labute approximate surface area is 116 Å². The van der Waals surface area contributed by atoms with Crippen LogP contribution in [0.15, 0.2) is 18.2 Å². The number of fused-ring (bicyclic) bond motifs is 1. The van der Waals surface area contributed by atoms with E-state index in [1.165, 1.54) is 12.1 Å². The Morgan fingerprint density at radius 3 is 2.75 bits per heavy atom. The average Bonchev–Trinajstić information content (AvgIpc) is 2.63. The zero-order chi connectivity index (χ0) is 14.9. The number of aryl methyl sites for hydroxylation is 2. The summed E-state index contributed by atoms with van der Waals surface area (Å²) in [5.74, 6) is -0.667. The number of hydrogen-bond donors (Lipinski definition) is 1. The molecule has 4 nitrogen and oxygen atoms in total. The standard InChI is InChI=1S/C12H11F3N2O2S/c1-7-16-9-3-2-8(11(18)19)6-10(9)17(7)4-5-20-12(13,14)15/h2-3,6H,4-5H2,1H3,(H,18,19). The van der Waals surface area contributed by atoms with Crippen LogP contribution in [0.25, 0.3) is 11.0 Å². The molecule has 0 amide bonds. The van der Waals surface area contributed by atoms with E-state index in [1.54, 1.807) is 17.6 Å². The van der Waals surface area contributed by atoms with Crippen LogP contribution in [0.5, 0.6) is 0 Å². The SMILES string of the molecule is Cc1nc2ccc(C(=O)O)cc2n1CCSC(F)(F)F. The fourth-order valence-electron chi connectivity index (χ4n) is 1.91. The molecular weight excluding hydrogens is 293 g/mol. The van der Waals surface area contributed by atoms with Crippen LogP contribution in [0.4, 0.5) is 13.2 Å². The molecule has 0 fully saturated rings. The van der Waals surface area contributed by atoms with Gasteiger partial charge in [0.1, 0.15) is 5.82 Å². The van der Waals surface area contributed by atoms with Crippen molar-refractivity contribution in [2.24, 2.45) is 0 Å². The molecule has 0 aliphatic heterocycles. The van der Waals surface area contributed by atoms with Gasteiger partial charge in [0.2, 0.25) is 0 Å². The molecule has 2 rings (SSSR count). The van der Waals surface area contributed by atoms with Gasteiger partial charge in [-0.15, -0.1) is 0 Å². The number of aromatic carboxylic acids is 1. The maximum absolute atomic E-state index is 12.1. The molecular formula is C12H11F3N2O2S. The molecule has 8 heteroatoms. The summed E-state index contributed by atoms with van der Waals surface area (Å²) >= 11 is -0.105. The number of alkyl halides is 3. The summed E-state index contributed by atoms with van der Waals surface area (Å²) in [6.07, 6.45) is 0. The Balaban J connectivity index is 2.29. The summed E-state index contributed by atoms with van der Waals surface area (Å²) in [5, 5.41) is 8.94. The second kappa shape index (κ2) is 5.35. The second-order valence-corrected chi connectivity index (χ2v) is 5.27. The van der Waals surface area contributed by atoms with Crippen LogP contribution in [0.2, 0.25) is 0 Å². The summed E-state index contributed by atoms with van der Waals surface area (Å²) in [7, 11) is 0. The minimum Gasteiger partial charge on any atom is -0.478 e. The van der Waals surface area contributed by atoms with Gasteiger partial charge in [-0.3, -0.25) is 0 Å². The van der Waals surface area contributed by atoms with Gasteiger partial charge in [0.15, 0.2) is 0 Å². The van der Waals surface area contributed by atoms with Crippen LogP contribution < -0.4 is 0 Å². The number of imidazole rings is 1. The summed E-state index contributed by atoms with van der Waals surface area (Å²) in [6.45, 7) is 1.80. The van der Waals surface area contributed by atoms with Crippen LogP contribution in [0, 0.1) is 6.92 Å². The maximum Gasteiger partial charge on any atom is 0.441 e. The monoisotopic (exact) mass is 304 g/mol. The molecule has 0 aliphatic carbocycles. The van der Waals surface area contributed by atoms with E-state index < -0.39 is 11.5 Å². The van der Waals surface area contributed by atoms with E-state index in [0.29, 0.717) is 16.9 Å². The third-order valence-electron chi connectivity index (χ3n) is 2.77. The molecule has 0 spiro atoms. The minimum absolute atomic E-state index is 0.0853. The zero-order valence-corrected chi connectivity index (χ0v) is 11.3. The first-order chi connectivity index (χ1) is 9.28. The number of carboxylic acid groups (broad SMARTS) is 1. The fraction of sp³-hybridized carbons (Fsp3) is 0.333. The largest absolute Gasteiger partial charge is 0.478 e. The van der Waals surface area contributed by atoms with Crippen molar-refractivity contribution in [1.29, 1.82) is 0 Å². The van der Waals surface area contributed by atoms with Gasteiger partial charge in [0, 0.05) is 12.3 Å². The Morgan fingerprint density at radius 2 is 2.15 bits per heavy atom. The lowest BCUT2D eigenvalue weighted by atomic mass is 10.2. The third kappa shape index (κ3) is 3.24. The summed E-state index contributed by atoms with van der Waals surface area (Å²) in [4.78, 5) is 15.1. The van der Waals surface area contributed by atoms with Crippen molar-refractivity contribution >= 4 is 28.8 Å². The number of hydrogen-bond acceptors (Lipinski definition) is 3. The number of rotatable bonds is 4. The summed E-state index contributed by atoms with van der Waals surface area (Å²) in [6, 6.07) is 4.40. The van der Waals surface area contributed by atoms with Gasteiger partial charge in [-0.25, -0.2) is 9.78 Å². The van der Waals surface area contributed by atoms with Gasteiger partial charge < -0.3 is 9.67 Å². The van der Waals surface area contributed by atoms with Crippen molar-refractivity contribution in [3.8, 4) is 0 Å². The Kier molecular flexibility index (Phi) is 3.94. The van der Waals surface area contributed by atoms with E-state index in [9.17, 15) is 18.0 Å². The van der Waals surface area contributed by atoms with Crippen LogP contribution in [-0.2, 0) is 6.54 Å². The molecule has 0 atom stereocenters. The molecule has 0 aliphatic rings. The summed E-state index contributed by atoms with van der Waals surface area (Å²) < 4.78 is 38.0. The normalized spacial score (nSPS) is 12.0. The number of halogens is 3. The van der Waals surface area contributed by atoms with Crippen molar-refractivity contribution in [2.75, 3.05) is 5.75 Å². The lowest BCUT2D eigenvalue weighted by Crippen LogP contribution is -2.08. The van der Waals surface area contributed by atoms with Gasteiger partial charge in [-0.1, -0.05) is 0 Å². The fourth-order valence-corrected chi connectivity index (χ4v) is 2.42. The van der Waals surface area contributed by atoms with E-state index in [4.69, 9.17) is 5.11 Å². The van der Waals surface area contributed by atoms with Crippen LogP contribution in [0.3, 0.4) is 0 Å². The molecule has 0 radical (unpaired) electrons. The maximum atomic E-state index is 12.1. The molecule has 0 saturated carbocycles. The van der Waals surface area contributed by atoms with Gasteiger partial charge in [-0.05, 0) is 36.9 Å². The highest BCUT2D eigenvalue weighted by Crippen LogP contribution is 2.30. The second-order valence-electron chi connectivity index (χ2n) is 4.11. The first-order valence-electron chi connectivity index (χ1n) is 5.69. The van der Waals surface area contributed by atoms with Gasteiger partial charge >= 0.3 is 11.5 Å². The van der Waals surface area contributed by atoms with E-state index in [2.05, 4.69) is 4.98 Å². The predicted octanol–water partition coefficient (Wildman–Crippen LogP) is 3.30. The summed E-state index contributed by atoms with van der Waals surface area (Å²) in [5.41, 5.74) is -3.08. The van der Waals surface area contributed by atoms with Gasteiger partial charge in [-0.2, -0.15) is 13.2 Å². The average molecular weight is 304 g/mol. The smallest absolute Gasteiger partial charge is 0.441 e. The lowest BCUT2D eigenvalue weighted by Gasteiger charge is -2.08. The lowest BCUT2D eigenvalue weighted by molar-refractivity contribution is -0.0328. The van der Waals surface area contributed by atoms with Crippen LogP contribution in [0.1, 0.15) is 16.2 Å². The van der Waals surface area contributed by atoms with Crippen molar-refractivity contribution in [3.63, 3.8) is 0 Å². The van der Waals surface area contributed by atoms with Crippen molar-refractivity contribution in [2.45, 2.75) is 19.0 Å². The molecule has 2 aromatic rings. The third-order valence-corrected chi connectivity index (χ3v) is 3.48. The first-order valence-corrected chi connectivity index (χ1v) is 6.67. The first kappa shape index (κ1) is 14.7. The van der Waals surface area contributed by atoms with Gasteiger partial charge in [0.25, 0.3) is 0 Å². The molecule has 1 aromatic carbocycles. The molecule has 20 heavy (non-hydrogen) atoms. The van der Waals surface area contributed by atoms with Crippen molar-refractivity contribution < 1.29 is 23.1 Å². The van der Waals surface area contributed by atoms with E-state index >= 15 is 0 Å².